The van der Waals surface area contributed by atoms with E-state index in [4.69, 9.17) is 0 Å². The number of hydrogen-bond acceptors (Lipinski definition) is 0. The summed E-state index contributed by atoms with van der Waals surface area (Å²) in [6.45, 7) is 9.21. The summed E-state index contributed by atoms with van der Waals surface area (Å²) in [5, 5.41) is 0. The molecule has 0 aliphatic heterocycles. The van der Waals surface area contributed by atoms with Crippen LogP contribution >= 0.6 is 0 Å². The fourth-order valence-electron chi connectivity index (χ4n) is 1.97. The summed E-state index contributed by atoms with van der Waals surface area (Å²) in [4.78, 5) is 0. The molecule has 1 rings (SSSR count). The van der Waals surface area contributed by atoms with Gasteiger partial charge < -0.3 is 0 Å². The molecule has 0 aromatic heterocycles. The topological polar surface area (TPSA) is 0 Å². The van der Waals surface area contributed by atoms with Crippen LogP contribution in [0.1, 0.15) is 34.1 Å². The third kappa shape index (κ3) is 2.00. The summed E-state index contributed by atoms with van der Waals surface area (Å²) < 4.78 is 0. The fraction of sp³-hybridized carbons (Fsp3) is 0.583. The van der Waals surface area contributed by atoms with Crippen LogP contribution < -0.4 is 0 Å². The highest BCUT2D eigenvalue weighted by Crippen LogP contribution is 2.36. The summed E-state index contributed by atoms with van der Waals surface area (Å²) >= 11 is 0. The minimum absolute atomic E-state index is 0.392. The van der Waals surface area contributed by atoms with Gasteiger partial charge in [-0.25, -0.2) is 0 Å². The van der Waals surface area contributed by atoms with Crippen LogP contribution in [0.15, 0.2) is 23.8 Å². The van der Waals surface area contributed by atoms with Gasteiger partial charge in [-0.2, -0.15) is 0 Å². The predicted molar refractivity (Wildman–Crippen MR) is 54.8 cm³/mol. The summed E-state index contributed by atoms with van der Waals surface area (Å²) in [6, 6.07) is 0. The third-order valence-corrected chi connectivity index (χ3v) is 2.54. The van der Waals surface area contributed by atoms with Gasteiger partial charge in [-0.3, -0.25) is 0 Å². The van der Waals surface area contributed by atoms with Gasteiger partial charge in [0.1, 0.15) is 0 Å². The van der Waals surface area contributed by atoms with E-state index >= 15 is 0 Å². The average Bonchev–Trinajstić information content (AvgIpc) is 2.38. The second-order valence-corrected chi connectivity index (χ2v) is 4.55. The molecule has 0 bridgehead atoms. The first kappa shape index (κ1) is 9.57. The van der Waals surface area contributed by atoms with Crippen molar-refractivity contribution in [3.8, 4) is 0 Å². The molecular weight excluding hydrogens is 144 g/mol. The Hall–Kier alpha value is -0.520. The monoisotopic (exact) mass is 163 g/mol. The Labute approximate surface area is 76.4 Å². The summed E-state index contributed by atoms with van der Waals surface area (Å²) in [5.41, 5.74) is 1.88. The number of rotatable bonds is 2. The Bertz CT molecular complexity index is 201. The average molecular weight is 163 g/mol. The van der Waals surface area contributed by atoms with Crippen LogP contribution in [-0.4, -0.2) is 0 Å². The third-order valence-electron chi connectivity index (χ3n) is 2.54. The van der Waals surface area contributed by atoms with Crippen molar-refractivity contribution in [2.24, 2.45) is 11.3 Å². The van der Waals surface area contributed by atoms with Gasteiger partial charge in [0, 0.05) is 6.42 Å². The van der Waals surface area contributed by atoms with Gasteiger partial charge >= 0.3 is 0 Å². The molecule has 0 fully saturated rings. The maximum atomic E-state index is 2.31. The van der Waals surface area contributed by atoms with Crippen molar-refractivity contribution in [1.82, 2.24) is 0 Å². The second kappa shape index (κ2) is 3.47. The van der Waals surface area contributed by atoms with E-state index in [2.05, 4.69) is 52.3 Å². The molecule has 0 saturated heterocycles. The molecule has 12 heavy (non-hydrogen) atoms. The Morgan fingerprint density at radius 3 is 2.33 bits per heavy atom. The lowest BCUT2D eigenvalue weighted by Gasteiger charge is -2.30. The van der Waals surface area contributed by atoms with E-state index < -0.39 is 0 Å². The van der Waals surface area contributed by atoms with Crippen LogP contribution in [0.3, 0.4) is 0 Å². The van der Waals surface area contributed by atoms with Crippen LogP contribution in [0, 0.1) is 17.8 Å². The van der Waals surface area contributed by atoms with Gasteiger partial charge in [0.05, 0.1) is 0 Å². The first-order chi connectivity index (χ1) is 5.55. The van der Waals surface area contributed by atoms with E-state index in [9.17, 15) is 0 Å². The molecule has 1 atom stereocenters. The van der Waals surface area contributed by atoms with Crippen LogP contribution in [0.5, 0.6) is 0 Å². The Balaban J connectivity index is 2.75. The van der Waals surface area contributed by atoms with Gasteiger partial charge in [0.25, 0.3) is 0 Å². The highest BCUT2D eigenvalue weighted by Gasteiger charge is 2.25. The van der Waals surface area contributed by atoms with Crippen LogP contribution in [0.2, 0.25) is 0 Å². The number of hydrogen-bond donors (Lipinski definition) is 0. The first-order valence-electron chi connectivity index (χ1n) is 4.77. The zero-order chi connectivity index (χ0) is 9.19. The molecule has 0 amide bonds. The lowest BCUT2D eigenvalue weighted by molar-refractivity contribution is 0.276. The molecule has 0 N–H and O–H groups in total. The lowest BCUT2D eigenvalue weighted by atomic mass is 9.75. The van der Waals surface area contributed by atoms with E-state index in [1.807, 2.05) is 0 Å². The molecule has 1 aliphatic carbocycles. The fourth-order valence-corrected chi connectivity index (χ4v) is 1.97. The van der Waals surface area contributed by atoms with Gasteiger partial charge in [0.15, 0.2) is 0 Å². The van der Waals surface area contributed by atoms with Crippen molar-refractivity contribution in [2.75, 3.05) is 0 Å². The van der Waals surface area contributed by atoms with Crippen molar-refractivity contribution < 1.29 is 0 Å². The Morgan fingerprint density at radius 2 is 2.00 bits per heavy atom. The summed E-state index contributed by atoms with van der Waals surface area (Å²) in [7, 11) is 0. The van der Waals surface area contributed by atoms with Crippen LogP contribution in [0.4, 0.5) is 0 Å². The van der Waals surface area contributed by atoms with Crippen molar-refractivity contribution in [3.63, 3.8) is 0 Å². The van der Waals surface area contributed by atoms with E-state index in [1.165, 1.54) is 12.0 Å². The van der Waals surface area contributed by atoms with Crippen LogP contribution in [-0.2, 0) is 0 Å². The SMILES string of the molecule is CCC(C1=C[CH]C=C1)C(C)(C)C. The second-order valence-electron chi connectivity index (χ2n) is 4.55. The molecule has 0 nitrogen and oxygen atoms in total. The molecule has 0 spiro atoms. The number of allylic oxidation sites excluding steroid dienone is 4. The van der Waals surface area contributed by atoms with Crippen molar-refractivity contribution in [2.45, 2.75) is 34.1 Å². The van der Waals surface area contributed by atoms with Crippen molar-refractivity contribution in [1.29, 1.82) is 0 Å². The smallest absolute Gasteiger partial charge is 0.00536 e. The molecule has 67 valence electrons. The van der Waals surface area contributed by atoms with E-state index in [1.54, 1.807) is 0 Å². The molecular formula is C12H19. The standard InChI is InChI=1S/C12H19/c1-5-11(12(2,3)4)10-8-6-7-9-10/h6-9,11H,5H2,1-4H3. The van der Waals surface area contributed by atoms with E-state index in [-0.39, 0.29) is 0 Å². The normalized spacial score (nSPS) is 19.5. The van der Waals surface area contributed by atoms with Gasteiger partial charge in [-0.15, -0.1) is 0 Å². The van der Waals surface area contributed by atoms with Crippen LogP contribution in [0.25, 0.3) is 0 Å². The van der Waals surface area contributed by atoms with E-state index in [0.717, 1.165) is 0 Å². The summed E-state index contributed by atoms with van der Waals surface area (Å²) in [6.07, 6.45) is 9.96. The minimum Gasteiger partial charge on any atom is -0.0764 e. The first-order valence-corrected chi connectivity index (χ1v) is 4.77. The van der Waals surface area contributed by atoms with Gasteiger partial charge in [-0.1, -0.05) is 45.9 Å². The zero-order valence-corrected chi connectivity index (χ0v) is 8.59. The minimum atomic E-state index is 0.392. The lowest BCUT2D eigenvalue weighted by Crippen LogP contribution is -2.20. The molecule has 0 saturated carbocycles. The molecule has 1 radical (unpaired) electrons. The molecule has 0 heteroatoms. The van der Waals surface area contributed by atoms with Crippen molar-refractivity contribution >= 4 is 0 Å². The summed E-state index contributed by atoms with van der Waals surface area (Å²) in [5.74, 6) is 0.701. The highest BCUT2D eigenvalue weighted by molar-refractivity contribution is 5.36. The predicted octanol–water partition coefficient (Wildman–Crippen LogP) is 3.76. The van der Waals surface area contributed by atoms with Gasteiger partial charge in [-0.05, 0) is 23.3 Å². The van der Waals surface area contributed by atoms with Gasteiger partial charge in [0.2, 0.25) is 0 Å². The maximum absolute atomic E-state index is 2.31. The maximum Gasteiger partial charge on any atom is 0.00536 e. The molecule has 0 aromatic rings. The van der Waals surface area contributed by atoms with E-state index in [0.29, 0.717) is 11.3 Å². The quantitative estimate of drug-likeness (QED) is 0.581. The molecule has 1 aliphatic rings. The van der Waals surface area contributed by atoms with Crippen molar-refractivity contribution in [3.05, 3.63) is 30.2 Å². The zero-order valence-electron chi connectivity index (χ0n) is 8.59. The molecule has 0 aromatic carbocycles. The largest absolute Gasteiger partial charge is 0.0764 e. The molecule has 0 heterocycles. The highest BCUT2D eigenvalue weighted by atomic mass is 14.3. The Kier molecular flexibility index (Phi) is 2.76. The molecule has 1 unspecified atom stereocenters. The Morgan fingerprint density at radius 1 is 1.33 bits per heavy atom.